The van der Waals surface area contributed by atoms with E-state index < -0.39 is 28.9 Å². The van der Waals surface area contributed by atoms with E-state index in [0.717, 1.165) is 16.7 Å². The van der Waals surface area contributed by atoms with Gasteiger partial charge >= 0.3 is 12.4 Å². The van der Waals surface area contributed by atoms with Crippen molar-refractivity contribution in [2.45, 2.75) is 57.8 Å². The molecule has 5 aromatic carbocycles. The van der Waals surface area contributed by atoms with Crippen molar-refractivity contribution in [2.24, 2.45) is 0 Å². The molecule has 0 amide bonds. The maximum atomic E-state index is 14.1. The van der Waals surface area contributed by atoms with Crippen LogP contribution in [0.15, 0.2) is 103 Å². The molecule has 4 N–H and O–H groups in total. The molecule has 5 aromatic rings. The fourth-order valence-corrected chi connectivity index (χ4v) is 6.19. The Balaban J connectivity index is 0.000000225. The fraction of sp³-hybridized carbons (Fsp3) is 0.231. The summed E-state index contributed by atoms with van der Waals surface area (Å²) in [4.78, 5) is 0. The Kier molecular flexibility index (Phi) is 10.0. The van der Waals surface area contributed by atoms with Crippen LogP contribution in [-0.2, 0) is 10.8 Å². The highest BCUT2D eigenvalue weighted by Gasteiger charge is 2.72. The standard InChI is InChI=1S/C20H18O2.C19H18F6O2/c1-20(15-5-3-2-4-6-15,16-7-11-18(21)12-8-16)17-9-13-19(22)14-10-17;1-9-5-13(6-10(2)15(9)26)17(18(20,21)22,19(23,24)25)14-7-11(3)16(27)12(4)8-14/h2-14,21-22H,1H3;5-8,26-27H,1-4H3. The predicted octanol–water partition coefficient (Wildman–Crippen LogP) is 10.2. The molecule has 0 atom stereocenters. The van der Waals surface area contributed by atoms with Gasteiger partial charge in [0.05, 0.1) is 0 Å². The summed E-state index contributed by atoms with van der Waals surface area (Å²) in [6.45, 7) is 7.09. The largest absolute Gasteiger partial charge is 0.508 e. The van der Waals surface area contributed by atoms with E-state index in [1.807, 2.05) is 42.5 Å². The molecule has 0 radical (unpaired) electrons. The van der Waals surface area contributed by atoms with Crippen LogP contribution in [0.5, 0.6) is 23.0 Å². The van der Waals surface area contributed by atoms with Crippen molar-refractivity contribution < 1.29 is 46.8 Å². The summed E-state index contributed by atoms with van der Waals surface area (Å²) in [6.07, 6.45) is -11.5. The molecular weight excluding hydrogens is 646 g/mol. The van der Waals surface area contributed by atoms with Crippen LogP contribution in [0.4, 0.5) is 26.3 Å². The molecule has 0 fully saturated rings. The molecule has 0 saturated heterocycles. The molecular formula is C39H36F6O4. The third-order valence-electron chi connectivity index (χ3n) is 8.94. The van der Waals surface area contributed by atoms with E-state index in [9.17, 15) is 46.8 Å². The highest BCUT2D eigenvalue weighted by atomic mass is 19.4. The van der Waals surface area contributed by atoms with Crippen molar-refractivity contribution in [3.05, 3.63) is 153 Å². The summed E-state index contributed by atoms with van der Waals surface area (Å²) in [6, 6.07) is 27.6. The Hall–Kier alpha value is -5.12. The van der Waals surface area contributed by atoms with Crippen molar-refractivity contribution in [3.63, 3.8) is 0 Å². The van der Waals surface area contributed by atoms with Crippen LogP contribution in [0.2, 0.25) is 0 Å². The second-order valence-corrected chi connectivity index (χ2v) is 12.2. The van der Waals surface area contributed by atoms with E-state index in [1.165, 1.54) is 27.7 Å². The van der Waals surface area contributed by atoms with E-state index in [0.29, 0.717) is 24.3 Å². The summed E-state index contributed by atoms with van der Waals surface area (Å²) in [5.41, 5.74) is -3.83. The predicted molar refractivity (Wildman–Crippen MR) is 176 cm³/mol. The van der Waals surface area contributed by atoms with Gasteiger partial charge in [-0.2, -0.15) is 26.3 Å². The van der Waals surface area contributed by atoms with E-state index >= 15 is 0 Å². The zero-order chi connectivity index (χ0) is 36.5. The number of phenolic OH excluding ortho intramolecular Hbond substituents is 4. The number of aromatic hydroxyl groups is 4. The zero-order valence-corrected chi connectivity index (χ0v) is 27.4. The van der Waals surface area contributed by atoms with Gasteiger partial charge in [-0.15, -0.1) is 0 Å². The van der Waals surface area contributed by atoms with Gasteiger partial charge in [0.1, 0.15) is 23.0 Å². The minimum atomic E-state index is -5.73. The van der Waals surface area contributed by atoms with E-state index in [1.54, 1.807) is 24.3 Å². The van der Waals surface area contributed by atoms with Gasteiger partial charge in [-0.1, -0.05) is 78.9 Å². The van der Waals surface area contributed by atoms with Crippen LogP contribution >= 0.6 is 0 Å². The van der Waals surface area contributed by atoms with Crippen molar-refractivity contribution in [1.29, 1.82) is 0 Å². The van der Waals surface area contributed by atoms with Crippen LogP contribution in [0.1, 0.15) is 57.0 Å². The lowest BCUT2D eigenvalue weighted by Crippen LogP contribution is -2.55. The summed E-state index contributed by atoms with van der Waals surface area (Å²) < 4.78 is 84.8. The average molecular weight is 683 g/mol. The average Bonchev–Trinajstić information content (AvgIpc) is 3.02. The minimum absolute atomic E-state index is 0.102. The lowest BCUT2D eigenvalue weighted by molar-refractivity contribution is -0.288. The van der Waals surface area contributed by atoms with Crippen molar-refractivity contribution in [3.8, 4) is 23.0 Å². The second kappa shape index (κ2) is 13.4. The topological polar surface area (TPSA) is 80.9 Å². The second-order valence-electron chi connectivity index (χ2n) is 12.2. The Morgan fingerprint density at radius 3 is 0.980 bits per heavy atom. The van der Waals surface area contributed by atoms with Crippen LogP contribution in [-0.4, -0.2) is 32.8 Å². The maximum absolute atomic E-state index is 14.1. The molecule has 4 nitrogen and oxygen atoms in total. The molecule has 0 aliphatic rings. The number of halogens is 6. The molecule has 258 valence electrons. The summed E-state index contributed by atoms with van der Waals surface area (Å²) >= 11 is 0. The van der Waals surface area contributed by atoms with Crippen LogP contribution in [0.3, 0.4) is 0 Å². The quantitative estimate of drug-likeness (QED) is 0.110. The summed E-state index contributed by atoms with van der Waals surface area (Å²) in [5.74, 6) is -0.222. The number of aryl methyl sites for hydroxylation is 4. The molecule has 0 spiro atoms. The van der Waals surface area contributed by atoms with Gasteiger partial charge in [0.15, 0.2) is 0 Å². The summed E-state index contributed by atoms with van der Waals surface area (Å²) in [7, 11) is 0. The lowest BCUT2D eigenvalue weighted by atomic mass is 9.71. The van der Waals surface area contributed by atoms with Gasteiger partial charge in [0, 0.05) is 5.41 Å². The molecule has 49 heavy (non-hydrogen) atoms. The first-order valence-electron chi connectivity index (χ1n) is 15.1. The smallest absolute Gasteiger partial charge is 0.411 e. The van der Waals surface area contributed by atoms with E-state index in [4.69, 9.17) is 0 Å². The molecule has 0 unspecified atom stereocenters. The highest BCUT2D eigenvalue weighted by Crippen LogP contribution is 2.57. The van der Waals surface area contributed by atoms with Gasteiger partial charge in [-0.05, 0) is 109 Å². The third kappa shape index (κ3) is 6.77. The maximum Gasteiger partial charge on any atom is 0.411 e. The van der Waals surface area contributed by atoms with Gasteiger partial charge in [0.25, 0.3) is 0 Å². The number of benzene rings is 5. The molecule has 0 aromatic heterocycles. The summed E-state index contributed by atoms with van der Waals surface area (Å²) in [5, 5.41) is 38.7. The number of phenols is 4. The van der Waals surface area contributed by atoms with Crippen LogP contribution < -0.4 is 0 Å². The van der Waals surface area contributed by atoms with Crippen LogP contribution in [0, 0.1) is 27.7 Å². The van der Waals surface area contributed by atoms with E-state index in [2.05, 4.69) is 19.1 Å². The van der Waals surface area contributed by atoms with Crippen molar-refractivity contribution >= 4 is 0 Å². The lowest BCUT2D eigenvalue weighted by Gasteiger charge is -2.39. The van der Waals surface area contributed by atoms with Crippen molar-refractivity contribution in [1.82, 2.24) is 0 Å². The normalized spacial score (nSPS) is 12.3. The monoisotopic (exact) mass is 682 g/mol. The first-order valence-corrected chi connectivity index (χ1v) is 15.1. The first-order chi connectivity index (χ1) is 22.7. The zero-order valence-electron chi connectivity index (χ0n) is 27.4. The third-order valence-corrected chi connectivity index (χ3v) is 8.94. The molecule has 0 bridgehead atoms. The molecule has 0 heterocycles. The SMILES string of the molecule is CC(c1ccccc1)(c1ccc(O)cc1)c1ccc(O)cc1.Cc1cc(C(c2cc(C)c(O)c(C)c2)(C(F)(F)F)C(F)(F)F)cc(C)c1O. The molecule has 5 rings (SSSR count). The first kappa shape index (κ1) is 36.7. The van der Waals surface area contributed by atoms with Gasteiger partial charge < -0.3 is 20.4 Å². The molecule has 10 heteroatoms. The Morgan fingerprint density at radius 2 is 0.694 bits per heavy atom. The Labute approximate surface area is 280 Å². The fourth-order valence-electron chi connectivity index (χ4n) is 6.19. The van der Waals surface area contributed by atoms with Crippen LogP contribution in [0.25, 0.3) is 0 Å². The number of hydrogen-bond donors (Lipinski definition) is 4. The highest BCUT2D eigenvalue weighted by molar-refractivity contribution is 5.55. The minimum Gasteiger partial charge on any atom is -0.508 e. The molecule has 0 saturated carbocycles. The molecule has 0 aliphatic carbocycles. The van der Waals surface area contributed by atoms with E-state index in [-0.39, 0.29) is 50.7 Å². The Bertz CT molecular complexity index is 1750. The number of alkyl halides is 6. The molecule has 0 aliphatic heterocycles. The van der Waals surface area contributed by atoms with Gasteiger partial charge in [-0.3, -0.25) is 0 Å². The van der Waals surface area contributed by atoms with Gasteiger partial charge in [-0.25, -0.2) is 0 Å². The van der Waals surface area contributed by atoms with Crippen molar-refractivity contribution in [2.75, 3.05) is 0 Å². The Morgan fingerprint density at radius 1 is 0.408 bits per heavy atom. The number of rotatable bonds is 5. The number of hydrogen-bond acceptors (Lipinski definition) is 4. The van der Waals surface area contributed by atoms with Gasteiger partial charge in [0.2, 0.25) is 5.41 Å².